The smallest absolute Gasteiger partial charge is 0.248 e. The van der Waals surface area contributed by atoms with Crippen LogP contribution in [0, 0.1) is 24.4 Å². The summed E-state index contributed by atoms with van der Waals surface area (Å²) < 4.78 is 75.8. The molecule has 2 aromatic rings. The minimum absolute atomic E-state index is 0.0446. The molecule has 1 atom stereocenters. The average molecular weight is 454 g/mol. The molecule has 0 amide bonds. The molecule has 0 aliphatic carbocycles. The van der Waals surface area contributed by atoms with Gasteiger partial charge in [-0.05, 0) is 27.7 Å². The Bertz CT molecular complexity index is 1000. The minimum atomic E-state index is -4.78. The molecule has 1 heterocycles. The van der Waals surface area contributed by atoms with Gasteiger partial charge in [-0.3, -0.25) is 0 Å². The molecule has 162 valence electrons. The summed E-state index contributed by atoms with van der Waals surface area (Å²) in [6.07, 6.45) is 0. The van der Waals surface area contributed by atoms with E-state index in [0.717, 1.165) is 11.2 Å². The van der Waals surface area contributed by atoms with Crippen LogP contribution in [-0.4, -0.2) is 29.0 Å². The second kappa shape index (κ2) is 7.88. The fourth-order valence-electron chi connectivity index (χ4n) is 2.80. The maximum atomic E-state index is 14.6. The standard InChI is InChI=1S/C18H23ClF3N3O3S/c1-8(2)25(10(4)16-23-24-17(28-16)18(5,6)7)29(26,27)15-11(19)12(20)9(3)13(21)14(15)22/h8,10H,1-7H3. The monoisotopic (exact) mass is 453 g/mol. The van der Waals surface area contributed by atoms with E-state index in [-0.39, 0.29) is 11.8 Å². The summed E-state index contributed by atoms with van der Waals surface area (Å²) in [5, 5.41) is 6.80. The maximum absolute atomic E-state index is 14.6. The van der Waals surface area contributed by atoms with Gasteiger partial charge in [0.1, 0.15) is 16.8 Å². The van der Waals surface area contributed by atoms with Crippen LogP contribution in [0.4, 0.5) is 13.2 Å². The first-order valence-corrected chi connectivity index (χ1v) is 10.6. The highest BCUT2D eigenvalue weighted by Crippen LogP contribution is 2.37. The Morgan fingerprint density at radius 3 is 2.03 bits per heavy atom. The quantitative estimate of drug-likeness (QED) is 0.601. The van der Waals surface area contributed by atoms with Crippen molar-refractivity contribution in [2.75, 3.05) is 0 Å². The van der Waals surface area contributed by atoms with Crippen LogP contribution in [0.3, 0.4) is 0 Å². The lowest BCUT2D eigenvalue weighted by Crippen LogP contribution is -2.40. The number of nitrogens with zero attached hydrogens (tertiary/aromatic N) is 3. The molecule has 0 fully saturated rings. The highest BCUT2D eigenvalue weighted by molar-refractivity contribution is 7.89. The molecule has 0 spiro atoms. The van der Waals surface area contributed by atoms with Gasteiger partial charge >= 0.3 is 0 Å². The molecule has 0 saturated heterocycles. The molecule has 0 radical (unpaired) electrons. The van der Waals surface area contributed by atoms with Crippen molar-refractivity contribution in [3.05, 3.63) is 39.8 Å². The van der Waals surface area contributed by atoms with Gasteiger partial charge in [-0.25, -0.2) is 21.6 Å². The highest BCUT2D eigenvalue weighted by Gasteiger charge is 2.40. The van der Waals surface area contributed by atoms with E-state index in [1.165, 1.54) is 20.8 Å². The van der Waals surface area contributed by atoms with Crippen LogP contribution in [0.25, 0.3) is 0 Å². The van der Waals surface area contributed by atoms with Crippen molar-refractivity contribution >= 4 is 21.6 Å². The first kappa shape index (κ1) is 23.6. The van der Waals surface area contributed by atoms with Crippen molar-refractivity contribution in [2.24, 2.45) is 0 Å². The molecular formula is C18H23ClF3N3O3S. The summed E-state index contributed by atoms with van der Waals surface area (Å²) >= 11 is 5.78. The van der Waals surface area contributed by atoms with Gasteiger partial charge in [0.15, 0.2) is 11.6 Å². The summed E-state index contributed by atoms with van der Waals surface area (Å²) in [6.45, 7) is 10.9. The predicted molar refractivity (Wildman–Crippen MR) is 102 cm³/mol. The van der Waals surface area contributed by atoms with Gasteiger partial charge in [0.2, 0.25) is 21.8 Å². The van der Waals surface area contributed by atoms with E-state index in [1.807, 2.05) is 20.8 Å². The molecule has 11 heteroatoms. The van der Waals surface area contributed by atoms with Crippen LogP contribution in [0.15, 0.2) is 9.31 Å². The number of halogens is 4. The van der Waals surface area contributed by atoms with Gasteiger partial charge in [0.05, 0.1) is 5.02 Å². The lowest BCUT2D eigenvalue weighted by atomic mass is 9.97. The summed E-state index contributed by atoms with van der Waals surface area (Å²) in [4.78, 5) is -1.27. The molecular weight excluding hydrogens is 431 g/mol. The molecule has 2 rings (SSSR count). The Kier molecular flexibility index (Phi) is 6.42. The second-order valence-corrected chi connectivity index (χ2v) is 10.2. The second-order valence-electron chi connectivity index (χ2n) is 8.01. The Morgan fingerprint density at radius 1 is 1.03 bits per heavy atom. The van der Waals surface area contributed by atoms with Crippen LogP contribution in [0.1, 0.15) is 64.9 Å². The Balaban J connectivity index is 2.66. The number of rotatable bonds is 5. The van der Waals surface area contributed by atoms with E-state index in [2.05, 4.69) is 10.2 Å². The van der Waals surface area contributed by atoms with Gasteiger partial charge in [-0.1, -0.05) is 32.4 Å². The summed E-state index contributed by atoms with van der Waals surface area (Å²) in [5.41, 5.74) is -1.19. The molecule has 1 aromatic heterocycles. The highest BCUT2D eigenvalue weighted by atomic mass is 35.5. The van der Waals surface area contributed by atoms with Crippen molar-refractivity contribution in [3.8, 4) is 0 Å². The van der Waals surface area contributed by atoms with Crippen molar-refractivity contribution in [2.45, 2.75) is 70.9 Å². The van der Waals surface area contributed by atoms with Gasteiger partial charge in [-0.15, -0.1) is 10.2 Å². The Hall–Kier alpha value is -1.65. The van der Waals surface area contributed by atoms with Crippen LogP contribution >= 0.6 is 11.6 Å². The van der Waals surface area contributed by atoms with Crippen molar-refractivity contribution in [1.29, 1.82) is 0 Å². The van der Waals surface area contributed by atoms with E-state index in [1.54, 1.807) is 0 Å². The van der Waals surface area contributed by atoms with Crippen molar-refractivity contribution in [3.63, 3.8) is 0 Å². The zero-order valence-corrected chi connectivity index (χ0v) is 18.7. The van der Waals surface area contributed by atoms with Crippen molar-refractivity contribution < 1.29 is 26.0 Å². The summed E-state index contributed by atoms with van der Waals surface area (Å²) in [6, 6.07) is -1.80. The number of hydrogen-bond donors (Lipinski definition) is 0. The maximum Gasteiger partial charge on any atom is 0.248 e. The normalized spacial score (nSPS) is 14.1. The van der Waals surface area contributed by atoms with Gasteiger partial charge < -0.3 is 4.42 Å². The van der Waals surface area contributed by atoms with E-state index in [0.29, 0.717) is 0 Å². The number of aromatic nitrogens is 2. The summed E-state index contributed by atoms with van der Waals surface area (Å²) in [7, 11) is -4.78. The lowest BCUT2D eigenvalue weighted by molar-refractivity contribution is 0.242. The van der Waals surface area contributed by atoms with Gasteiger partial charge in [0.25, 0.3) is 0 Å². The third-order valence-electron chi connectivity index (χ3n) is 4.31. The molecule has 0 bridgehead atoms. The SMILES string of the molecule is Cc1c(F)c(F)c(S(=O)(=O)N(C(C)C)C(C)c2nnc(C(C)(C)C)o2)c(Cl)c1F. The number of sulfonamides is 1. The minimum Gasteiger partial charge on any atom is -0.423 e. The number of hydrogen-bond acceptors (Lipinski definition) is 5. The third-order valence-corrected chi connectivity index (χ3v) is 6.97. The van der Waals surface area contributed by atoms with E-state index >= 15 is 0 Å². The molecule has 0 aliphatic rings. The van der Waals surface area contributed by atoms with E-state index in [4.69, 9.17) is 16.0 Å². The van der Waals surface area contributed by atoms with Crippen LogP contribution in [-0.2, 0) is 15.4 Å². The molecule has 1 aromatic carbocycles. The topological polar surface area (TPSA) is 76.3 Å². The van der Waals surface area contributed by atoms with Gasteiger partial charge in [0, 0.05) is 17.0 Å². The van der Waals surface area contributed by atoms with Crippen LogP contribution < -0.4 is 0 Å². The Morgan fingerprint density at radius 2 is 1.59 bits per heavy atom. The first-order valence-electron chi connectivity index (χ1n) is 8.82. The fraction of sp³-hybridized carbons (Fsp3) is 0.556. The zero-order valence-electron chi connectivity index (χ0n) is 17.1. The lowest BCUT2D eigenvalue weighted by Gasteiger charge is -2.30. The average Bonchev–Trinajstić information content (AvgIpc) is 3.08. The van der Waals surface area contributed by atoms with E-state index in [9.17, 15) is 21.6 Å². The molecule has 6 nitrogen and oxygen atoms in total. The van der Waals surface area contributed by atoms with Gasteiger partial charge in [-0.2, -0.15) is 4.31 Å². The van der Waals surface area contributed by atoms with Crippen molar-refractivity contribution in [1.82, 2.24) is 14.5 Å². The van der Waals surface area contributed by atoms with Crippen LogP contribution in [0.2, 0.25) is 5.02 Å². The number of benzene rings is 1. The molecule has 0 aliphatic heterocycles. The predicted octanol–water partition coefficient (Wildman–Crippen LogP) is 4.91. The molecule has 0 N–H and O–H groups in total. The molecule has 29 heavy (non-hydrogen) atoms. The summed E-state index contributed by atoms with van der Waals surface area (Å²) in [5.74, 6) is -4.47. The first-order chi connectivity index (χ1) is 13.1. The third kappa shape index (κ3) is 4.15. The largest absolute Gasteiger partial charge is 0.423 e. The Labute approximate surface area is 173 Å². The van der Waals surface area contributed by atoms with E-state index < -0.39 is 60.5 Å². The fourth-order valence-corrected chi connectivity index (χ4v) is 5.22. The van der Waals surface area contributed by atoms with Crippen LogP contribution in [0.5, 0.6) is 0 Å². The molecule has 1 unspecified atom stereocenters. The zero-order chi connectivity index (χ0) is 22.5. The molecule has 0 saturated carbocycles.